The Morgan fingerprint density at radius 3 is 2.64 bits per heavy atom. The van der Waals surface area contributed by atoms with Crippen molar-refractivity contribution in [1.82, 2.24) is 15.1 Å². The first kappa shape index (κ1) is 20.4. The fraction of sp³-hybridized carbons (Fsp3) is 0.524. The molecule has 0 unspecified atom stereocenters. The Bertz CT molecular complexity index is 784. The van der Waals surface area contributed by atoms with Gasteiger partial charge in [0.05, 0.1) is 31.4 Å². The number of morpholine rings is 1. The molecule has 0 aliphatic carbocycles. The molecule has 0 bridgehead atoms. The number of aryl methyl sites for hydroxylation is 2. The van der Waals surface area contributed by atoms with E-state index in [9.17, 15) is 9.59 Å². The summed E-state index contributed by atoms with van der Waals surface area (Å²) in [7, 11) is 1.70. The van der Waals surface area contributed by atoms with Crippen molar-refractivity contribution in [3.63, 3.8) is 0 Å². The first-order valence-electron chi connectivity index (χ1n) is 9.74. The Morgan fingerprint density at radius 1 is 1.29 bits per heavy atom. The monoisotopic (exact) mass is 387 g/mol. The molecule has 2 amide bonds. The van der Waals surface area contributed by atoms with Gasteiger partial charge in [-0.3, -0.25) is 9.80 Å². The highest BCUT2D eigenvalue weighted by atomic mass is 16.5. The summed E-state index contributed by atoms with van der Waals surface area (Å²) in [4.78, 5) is 29.4. The number of amides is 2. The molecule has 0 spiro atoms. The number of urea groups is 1. The van der Waals surface area contributed by atoms with Gasteiger partial charge < -0.3 is 14.8 Å². The van der Waals surface area contributed by atoms with Gasteiger partial charge >= 0.3 is 12.0 Å². The van der Waals surface area contributed by atoms with Crippen LogP contribution in [-0.4, -0.2) is 68.3 Å². The molecule has 1 N–H and O–H groups in total. The van der Waals surface area contributed by atoms with Gasteiger partial charge in [-0.05, 0) is 31.9 Å². The fourth-order valence-corrected chi connectivity index (χ4v) is 3.75. The third-order valence-electron chi connectivity index (χ3n) is 5.29. The number of carbonyl (C=O) groups is 2. The number of rotatable bonds is 5. The van der Waals surface area contributed by atoms with Crippen molar-refractivity contribution in [2.75, 3.05) is 46.5 Å². The van der Waals surface area contributed by atoms with Crippen LogP contribution in [0.5, 0.6) is 0 Å². The summed E-state index contributed by atoms with van der Waals surface area (Å²) >= 11 is 0. The first-order chi connectivity index (χ1) is 13.4. The minimum absolute atomic E-state index is 0.221. The Labute approximate surface area is 166 Å². The highest BCUT2D eigenvalue weighted by molar-refractivity contribution is 5.95. The van der Waals surface area contributed by atoms with Crippen LogP contribution in [0.25, 0.3) is 0 Å². The lowest BCUT2D eigenvalue weighted by Gasteiger charge is -2.38. The molecule has 1 fully saturated rings. The Kier molecular flexibility index (Phi) is 6.36. The van der Waals surface area contributed by atoms with Crippen LogP contribution >= 0.6 is 0 Å². The highest BCUT2D eigenvalue weighted by Gasteiger charge is 2.37. The summed E-state index contributed by atoms with van der Waals surface area (Å²) < 4.78 is 10.8. The van der Waals surface area contributed by atoms with Crippen LogP contribution in [0.3, 0.4) is 0 Å². The van der Waals surface area contributed by atoms with Crippen LogP contribution in [0.15, 0.2) is 29.5 Å². The second-order valence-corrected chi connectivity index (χ2v) is 7.27. The van der Waals surface area contributed by atoms with Crippen LogP contribution < -0.4 is 5.32 Å². The molecule has 0 radical (unpaired) electrons. The number of carbonyl (C=O) groups excluding carboxylic acids is 2. The number of ether oxygens (including phenoxy) is 2. The molecule has 28 heavy (non-hydrogen) atoms. The summed E-state index contributed by atoms with van der Waals surface area (Å²) in [6, 6.07) is 5.29. The molecule has 2 aliphatic rings. The molecule has 2 heterocycles. The van der Waals surface area contributed by atoms with E-state index in [1.807, 2.05) is 26.0 Å². The molecule has 1 atom stereocenters. The largest absolute Gasteiger partial charge is 0.463 e. The Hall–Kier alpha value is -2.38. The minimum atomic E-state index is -0.528. The van der Waals surface area contributed by atoms with Crippen LogP contribution in [0.2, 0.25) is 0 Å². The van der Waals surface area contributed by atoms with E-state index >= 15 is 0 Å². The van der Waals surface area contributed by atoms with Gasteiger partial charge in [-0.25, -0.2) is 9.59 Å². The number of hydrogen-bond donors (Lipinski definition) is 1. The van der Waals surface area contributed by atoms with E-state index in [2.05, 4.69) is 16.3 Å². The molecule has 2 aliphatic heterocycles. The number of nitrogens with zero attached hydrogens (tertiary/aromatic N) is 2. The van der Waals surface area contributed by atoms with Crippen molar-refractivity contribution in [1.29, 1.82) is 0 Å². The smallest absolute Gasteiger partial charge is 0.338 e. The maximum Gasteiger partial charge on any atom is 0.338 e. The molecule has 1 saturated heterocycles. The van der Waals surface area contributed by atoms with E-state index in [1.54, 1.807) is 14.0 Å². The third-order valence-corrected chi connectivity index (χ3v) is 5.29. The van der Waals surface area contributed by atoms with E-state index in [0.717, 1.165) is 29.8 Å². The maximum absolute atomic E-state index is 13.0. The number of hydrogen-bond acceptors (Lipinski definition) is 5. The standard InChI is InChI=1S/C21H29N3O4/c1-5-28-20(25)18-17(13-24-8-10-27-11-9-24)23(4)21(26)22-19(18)16-7-6-14(2)12-15(16)3/h6-7,12,19H,5,8-11,13H2,1-4H3,(H,22,26)/t19-/m0/s1. The number of benzene rings is 1. The van der Waals surface area contributed by atoms with Crippen molar-refractivity contribution < 1.29 is 19.1 Å². The molecule has 7 nitrogen and oxygen atoms in total. The van der Waals surface area contributed by atoms with Crippen LogP contribution in [-0.2, 0) is 14.3 Å². The third kappa shape index (κ3) is 4.20. The van der Waals surface area contributed by atoms with E-state index in [4.69, 9.17) is 9.47 Å². The van der Waals surface area contributed by atoms with E-state index in [-0.39, 0.29) is 18.6 Å². The van der Waals surface area contributed by atoms with Gasteiger partial charge in [-0.1, -0.05) is 23.8 Å². The molecular weight excluding hydrogens is 358 g/mol. The molecule has 152 valence electrons. The molecular formula is C21H29N3O4. The topological polar surface area (TPSA) is 71.1 Å². The molecule has 0 aromatic heterocycles. The zero-order valence-electron chi connectivity index (χ0n) is 17.1. The van der Waals surface area contributed by atoms with Crippen molar-refractivity contribution in [2.45, 2.75) is 26.8 Å². The molecule has 1 aromatic rings. The van der Waals surface area contributed by atoms with Gasteiger partial charge in [0, 0.05) is 32.4 Å². The number of nitrogens with one attached hydrogen (secondary N) is 1. The Morgan fingerprint density at radius 2 is 2.00 bits per heavy atom. The van der Waals surface area contributed by atoms with Crippen molar-refractivity contribution in [3.8, 4) is 0 Å². The lowest BCUT2D eigenvalue weighted by atomic mass is 9.90. The van der Waals surface area contributed by atoms with Gasteiger partial charge in [0.25, 0.3) is 0 Å². The van der Waals surface area contributed by atoms with Gasteiger partial charge in [-0.15, -0.1) is 0 Å². The molecule has 0 saturated carbocycles. The predicted octanol–water partition coefficient (Wildman–Crippen LogP) is 2.15. The van der Waals surface area contributed by atoms with Crippen LogP contribution in [0, 0.1) is 13.8 Å². The second kappa shape index (κ2) is 8.75. The maximum atomic E-state index is 13.0. The summed E-state index contributed by atoms with van der Waals surface area (Å²) in [6.45, 7) is 9.43. The van der Waals surface area contributed by atoms with Gasteiger partial charge in [0.2, 0.25) is 0 Å². The summed E-state index contributed by atoms with van der Waals surface area (Å²) in [5.41, 5.74) is 4.27. The lowest BCUT2D eigenvalue weighted by Crippen LogP contribution is -2.50. The van der Waals surface area contributed by atoms with E-state index in [1.165, 1.54) is 4.90 Å². The number of likely N-dealkylation sites (N-methyl/N-ethyl adjacent to an activating group) is 1. The summed E-state index contributed by atoms with van der Waals surface area (Å²) in [5.74, 6) is -0.386. The number of esters is 1. The zero-order valence-corrected chi connectivity index (χ0v) is 17.1. The predicted molar refractivity (Wildman–Crippen MR) is 106 cm³/mol. The average molecular weight is 387 g/mol. The van der Waals surface area contributed by atoms with Crippen LogP contribution in [0.4, 0.5) is 4.79 Å². The average Bonchev–Trinajstić information content (AvgIpc) is 2.66. The molecule has 3 rings (SSSR count). The van der Waals surface area contributed by atoms with E-state index in [0.29, 0.717) is 31.0 Å². The zero-order chi connectivity index (χ0) is 20.3. The minimum Gasteiger partial charge on any atom is -0.463 e. The summed E-state index contributed by atoms with van der Waals surface area (Å²) in [6.07, 6.45) is 0. The van der Waals surface area contributed by atoms with Crippen molar-refractivity contribution in [2.24, 2.45) is 0 Å². The van der Waals surface area contributed by atoms with E-state index < -0.39 is 6.04 Å². The molecule has 1 aromatic carbocycles. The normalized spacial score (nSPS) is 20.9. The van der Waals surface area contributed by atoms with Crippen LogP contribution in [0.1, 0.15) is 29.7 Å². The SMILES string of the molecule is CCOC(=O)C1=C(CN2CCOCC2)N(C)C(=O)N[C@H]1c1ccc(C)cc1C. The van der Waals surface area contributed by atoms with Gasteiger partial charge in [0.1, 0.15) is 0 Å². The lowest BCUT2D eigenvalue weighted by molar-refractivity contribution is -0.139. The quantitative estimate of drug-likeness (QED) is 0.784. The summed E-state index contributed by atoms with van der Waals surface area (Å²) in [5, 5.41) is 2.98. The Balaban J connectivity index is 2.07. The van der Waals surface area contributed by atoms with Crippen molar-refractivity contribution >= 4 is 12.0 Å². The first-order valence-corrected chi connectivity index (χ1v) is 9.74. The van der Waals surface area contributed by atoms with Gasteiger partial charge in [0.15, 0.2) is 0 Å². The van der Waals surface area contributed by atoms with Gasteiger partial charge in [-0.2, -0.15) is 0 Å². The fourth-order valence-electron chi connectivity index (χ4n) is 3.75. The van der Waals surface area contributed by atoms with Crippen molar-refractivity contribution in [3.05, 3.63) is 46.2 Å². The second-order valence-electron chi connectivity index (χ2n) is 7.27. The molecule has 7 heteroatoms. The highest BCUT2D eigenvalue weighted by Crippen LogP contribution is 2.33.